The molecule has 0 bridgehead atoms. The summed E-state index contributed by atoms with van der Waals surface area (Å²) in [5.41, 5.74) is 19.9. The SMILES string of the molecule is CCCC(CP(=O)(CC(CCC)=NCCNCCN)CC(CCC)=NCCNCCN)=NCCNCCN. The van der Waals surface area contributed by atoms with Crippen LogP contribution in [0.3, 0.4) is 0 Å². The fraction of sp³-hybridized carbons (Fsp3) is 0.889. The predicted molar refractivity (Wildman–Crippen MR) is 170 cm³/mol. The Morgan fingerprint density at radius 2 is 0.842 bits per heavy atom. The molecule has 0 aliphatic carbocycles. The van der Waals surface area contributed by atoms with Gasteiger partial charge in [-0.3, -0.25) is 15.0 Å². The van der Waals surface area contributed by atoms with Crippen LogP contribution < -0.4 is 33.2 Å². The minimum absolute atomic E-state index is 0.542. The van der Waals surface area contributed by atoms with Crippen molar-refractivity contribution in [2.24, 2.45) is 32.2 Å². The van der Waals surface area contributed by atoms with Crippen molar-refractivity contribution in [3.8, 4) is 0 Å². The van der Waals surface area contributed by atoms with E-state index in [-0.39, 0.29) is 0 Å². The molecular weight excluding hydrogens is 497 g/mol. The van der Waals surface area contributed by atoms with Crippen LogP contribution in [0.4, 0.5) is 0 Å². The molecule has 0 rings (SSSR count). The molecule has 0 amide bonds. The topological polar surface area (TPSA) is 168 Å². The standard InChI is InChI=1S/C27H60N9OP/c1-4-7-25(34-19-16-31-13-10-28)22-38(37,23-26(8-5-2)35-20-17-32-14-11-29)24-27(9-6-3)36-21-18-33-15-12-30/h31-33H,4-24,28-30H2,1-3H3. The maximum absolute atomic E-state index is 14.7. The van der Waals surface area contributed by atoms with Crippen molar-refractivity contribution in [2.45, 2.75) is 59.3 Å². The molecule has 10 nitrogen and oxygen atoms in total. The monoisotopic (exact) mass is 557 g/mol. The minimum Gasteiger partial charge on any atom is -0.329 e. The highest BCUT2D eigenvalue weighted by molar-refractivity contribution is 7.66. The molecule has 9 N–H and O–H groups in total. The zero-order chi connectivity index (χ0) is 28.3. The second kappa shape index (κ2) is 26.2. The van der Waals surface area contributed by atoms with Gasteiger partial charge in [0.2, 0.25) is 0 Å². The van der Waals surface area contributed by atoms with Gasteiger partial charge >= 0.3 is 0 Å². The Hall–Kier alpha value is -1.00. The minimum atomic E-state index is -2.67. The summed E-state index contributed by atoms with van der Waals surface area (Å²) in [5, 5.41) is 9.91. The lowest BCUT2D eigenvalue weighted by atomic mass is 10.2. The first-order chi connectivity index (χ1) is 18.5. The van der Waals surface area contributed by atoms with Gasteiger partial charge in [0, 0.05) is 94.5 Å². The van der Waals surface area contributed by atoms with Crippen molar-refractivity contribution in [1.82, 2.24) is 16.0 Å². The van der Waals surface area contributed by atoms with Crippen LogP contribution in [-0.2, 0) is 4.57 Å². The third-order valence-electron chi connectivity index (χ3n) is 5.86. The van der Waals surface area contributed by atoms with E-state index in [9.17, 15) is 4.57 Å². The van der Waals surface area contributed by atoms with Gasteiger partial charge in [0.25, 0.3) is 0 Å². The molecule has 11 heteroatoms. The first kappa shape index (κ1) is 37.0. The third-order valence-corrected chi connectivity index (χ3v) is 8.69. The molecule has 0 radical (unpaired) electrons. The van der Waals surface area contributed by atoms with Crippen molar-refractivity contribution in [3.63, 3.8) is 0 Å². The number of nitrogens with zero attached hydrogens (tertiary/aromatic N) is 3. The van der Waals surface area contributed by atoms with Gasteiger partial charge in [-0.25, -0.2) is 0 Å². The van der Waals surface area contributed by atoms with E-state index in [2.05, 4.69) is 36.7 Å². The number of hydrogen-bond acceptors (Lipinski definition) is 10. The Labute approximate surface area is 233 Å². The van der Waals surface area contributed by atoms with Crippen LogP contribution in [0.25, 0.3) is 0 Å². The number of aliphatic imine (C=N–C) groups is 3. The Morgan fingerprint density at radius 1 is 0.553 bits per heavy atom. The van der Waals surface area contributed by atoms with Crippen LogP contribution in [0.15, 0.2) is 15.0 Å². The summed E-state index contributed by atoms with van der Waals surface area (Å²) in [6.45, 7) is 15.1. The lowest BCUT2D eigenvalue weighted by Gasteiger charge is -2.22. The lowest BCUT2D eigenvalue weighted by molar-refractivity contribution is 0.581. The quantitative estimate of drug-likeness (QED) is 0.0507. The number of nitrogens with one attached hydrogen (secondary N) is 3. The van der Waals surface area contributed by atoms with E-state index in [0.717, 1.165) is 94.9 Å². The van der Waals surface area contributed by atoms with Crippen LogP contribution >= 0.6 is 7.14 Å². The molecule has 0 heterocycles. The van der Waals surface area contributed by atoms with Crippen molar-refractivity contribution in [3.05, 3.63) is 0 Å². The maximum atomic E-state index is 14.7. The molecule has 0 saturated heterocycles. The summed E-state index contributed by atoms with van der Waals surface area (Å²) in [6, 6.07) is 0. The first-order valence-electron chi connectivity index (χ1n) is 14.8. The summed E-state index contributed by atoms with van der Waals surface area (Å²) in [4.78, 5) is 14.7. The van der Waals surface area contributed by atoms with Gasteiger partial charge in [-0.15, -0.1) is 0 Å². The molecule has 0 aliphatic rings. The zero-order valence-electron chi connectivity index (χ0n) is 24.8. The molecule has 224 valence electrons. The Kier molecular flexibility index (Phi) is 25.5. The van der Waals surface area contributed by atoms with E-state index < -0.39 is 7.14 Å². The number of nitrogens with two attached hydrogens (primary N) is 3. The van der Waals surface area contributed by atoms with Gasteiger partial charge in [0.05, 0.1) is 19.6 Å². The Morgan fingerprint density at radius 3 is 1.08 bits per heavy atom. The van der Waals surface area contributed by atoms with Gasteiger partial charge < -0.3 is 37.7 Å². The van der Waals surface area contributed by atoms with Crippen LogP contribution in [-0.4, -0.2) is 114 Å². The highest BCUT2D eigenvalue weighted by Crippen LogP contribution is 2.47. The molecular formula is C27H60N9OP. The van der Waals surface area contributed by atoms with Crippen molar-refractivity contribution in [1.29, 1.82) is 0 Å². The summed E-state index contributed by atoms with van der Waals surface area (Å²) in [6.07, 6.45) is 7.19. The lowest BCUT2D eigenvalue weighted by Crippen LogP contribution is -2.26. The predicted octanol–water partition coefficient (Wildman–Crippen LogP) is 1.72. The van der Waals surface area contributed by atoms with E-state index >= 15 is 0 Å². The molecule has 0 aromatic rings. The zero-order valence-corrected chi connectivity index (χ0v) is 25.7. The highest BCUT2D eigenvalue weighted by Gasteiger charge is 2.28. The molecule has 0 saturated carbocycles. The van der Waals surface area contributed by atoms with Gasteiger partial charge in [-0.2, -0.15) is 0 Å². The van der Waals surface area contributed by atoms with E-state index in [4.69, 9.17) is 32.2 Å². The fourth-order valence-corrected chi connectivity index (χ4v) is 7.32. The van der Waals surface area contributed by atoms with E-state index in [1.807, 2.05) is 0 Å². The van der Waals surface area contributed by atoms with Crippen molar-refractivity contribution < 1.29 is 4.57 Å². The average molecular weight is 558 g/mol. The molecule has 0 spiro atoms. The van der Waals surface area contributed by atoms with Crippen LogP contribution in [0.2, 0.25) is 0 Å². The second-order valence-corrected chi connectivity index (χ2v) is 12.8. The molecule has 0 aliphatic heterocycles. The van der Waals surface area contributed by atoms with E-state index in [1.165, 1.54) is 0 Å². The number of hydrogen-bond donors (Lipinski definition) is 6. The first-order valence-corrected chi connectivity index (χ1v) is 17.1. The van der Waals surface area contributed by atoms with Gasteiger partial charge in [-0.05, 0) is 19.3 Å². The molecule has 0 aromatic heterocycles. The number of rotatable bonds is 27. The molecule has 38 heavy (non-hydrogen) atoms. The van der Waals surface area contributed by atoms with E-state index in [0.29, 0.717) is 57.8 Å². The van der Waals surface area contributed by atoms with Gasteiger partial charge in [0.1, 0.15) is 7.14 Å². The van der Waals surface area contributed by atoms with Crippen molar-refractivity contribution >= 4 is 24.3 Å². The van der Waals surface area contributed by atoms with Crippen LogP contribution in [0.5, 0.6) is 0 Å². The maximum Gasteiger partial charge on any atom is 0.104 e. The second-order valence-electron chi connectivity index (χ2n) is 9.74. The normalized spacial score (nSPS) is 14.7. The smallest absolute Gasteiger partial charge is 0.104 e. The summed E-state index contributed by atoms with van der Waals surface area (Å²) in [5.74, 6) is 0. The van der Waals surface area contributed by atoms with Crippen molar-refractivity contribution in [2.75, 3.05) is 97.0 Å². The third kappa shape index (κ3) is 20.9. The average Bonchev–Trinajstić information content (AvgIpc) is 2.88. The summed E-state index contributed by atoms with van der Waals surface area (Å²) >= 11 is 0. The molecule has 0 atom stereocenters. The Bertz CT molecular complexity index is 608. The molecule has 0 aromatic carbocycles. The van der Waals surface area contributed by atoms with E-state index in [1.54, 1.807) is 0 Å². The van der Waals surface area contributed by atoms with Gasteiger partial charge in [0.15, 0.2) is 0 Å². The van der Waals surface area contributed by atoms with Gasteiger partial charge in [-0.1, -0.05) is 40.0 Å². The largest absolute Gasteiger partial charge is 0.329 e. The fourth-order valence-electron chi connectivity index (χ4n) is 4.22. The molecule has 0 unspecified atom stereocenters. The summed E-state index contributed by atoms with van der Waals surface area (Å²) in [7, 11) is -2.67. The van der Waals surface area contributed by atoms with Crippen LogP contribution in [0, 0.1) is 0 Å². The highest BCUT2D eigenvalue weighted by atomic mass is 31.2. The summed E-state index contributed by atoms with van der Waals surface area (Å²) < 4.78 is 14.7. The Balaban J connectivity index is 5.83. The van der Waals surface area contributed by atoms with Crippen LogP contribution in [0.1, 0.15) is 59.3 Å². The molecule has 0 fully saturated rings.